The molecule has 0 unspecified atom stereocenters. The van der Waals surface area contributed by atoms with Crippen LogP contribution >= 0.6 is 0 Å². The standard InChI is InChI=1S/C19H16N4O2S/c1-26(20,25)18-7-3-5-16(11-18)23-19-21-12-15(13-22-19)9-8-14-4-2-6-17(24)10-14/h2-7,10-13,20,24H,1H3,(H,21,22,23)/t26-/m0/s1. The van der Waals surface area contributed by atoms with Crippen LogP contribution < -0.4 is 5.32 Å². The molecule has 0 saturated heterocycles. The van der Waals surface area contributed by atoms with Crippen LogP contribution in [0.2, 0.25) is 0 Å². The van der Waals surface area contributed by atoms with E-state index in [1.165, 1.54) is 6.26 Å². The number of rotatable bonds is 3. The molecule has 0 spiro atoms. The normalized spacial score (nSPS) is 12.5. The lowest BCUT2D eigenvalue weighted by Crippen LogP contribution is -1.99. The number of anilines is 2. The highest BCUT2D eigenvalue weighted by atomic mass is 32.2. The summed E-state index contributed by atoms with van der Waals surface area (Å²) in [5, 5.41) is 12.4. The van der Waals surface area contributed by atoms with E-state index in [2.05, 4.69) is 27.1 Å². The SMILES string of the molecule is C[S@](=N)(=O)c1cccc(Nc2ncc(C#Cc3cccc(O)c3)cn2)c1. The molecule has 1 heterocycles. The van der Waals surface area contributed by atoms with E-state index in [1.54, 1.807) is 60.9 Å². The van der Waals surface area contributed by atoms with Gasteiger partial charge in [-0.2, -0.15) is 0 Å². The molecule has 2 aromatic carbocycles. The molecule has 0 aliphatic carbocycles. The van der Waals surface area contributed by atoms with Gasteiger partial charge in [0.15, 0.2) is 0 Å². The van der Waals surface area contributed by atoms with Crippen molar-refractivity contribution in [3.63, 3.8) is 0 Å². The second kappa shape index (κ2) is 7.25. The van der Waals surface area contributed by atoms with Gasteiger partial charge < -0.3 is 10.4 Å². The van der Waals surface area contributed by atoms with Gasteiger partial charge in [0, 0.05) is 34.8 Å². The van der Waals surface area contributed by atoms with Crippen molar-refractivity contribution >= 4 is 21.4 Å². The predicted molar refractivity (Wildman–Crippen MR) is 101 cm³/mol. The quantitative estimate of drug-likeness (QED) is 0.619. The van der Waals surface area contributed by atoms with Gasteiger partial charge in [-0.3, -0.25) is 0 Å². The Morgan fingerprint density at radius 2 is 1.73 bits per heavy atom. The summed E-state index contributed by atoms with van der Waals surface area (Å²) in [6, 6.07) is 13.5. The van der Waals surface area contributed by atoms with Crippen molar-refractivity contribution in [3.8, 4) is 17.6 Å². The summed E-state index contributed by atoms with van der Waals surface area (Å²) in [5.74, 6) is 6.40. The molecule has 3 aromatic rings. The molecule has 26 heavy (non-hydrogen) atoms. The molecule has 0 radical (unpaired) electrons. The first-order chi connectivity index (χ1) is 12.4. The van der Waals surface area contributed by atoms with Crippen molar-refractivity contribution in [2.24, 2.45) is 0 Å². The lowest BCUT2D eigenvalue weighted by Gasteiger charge is -2.07. The van der Waals surface area contributed by atoms with Gasteiger partial charge in [0.1, 0.15) is 5.75 Å². The number of aromatic hydroxyl groups is 1. The van der Waals surface area contributed by atoms with E-state index < -0.39 is 9.73 Å². The maximum absolute atomic E-state index is 11.8. The van der Waals surface area contributed by atoms with Crippen LogP contribution in [0.3, 0.4) is 0 Å². The molecule has 0 aliphatic rings. The van der Waals surface area contributed by atoms with E-state index in [1.807, 2.05) is 0 Å². The molecule has 0 saturated carbocycles. The summed E-state index contributed by atoms with van der Waals surface area (Å²) < 4.78 is 19.5. The minimum Gasteiger partial charge on any atom is -0.508 e. The molecular formula is C19H16N4O2S. The molecular weight excluding hydrogens is 348 g/mol. The zero-order valence-corrected chi connectivity index (χ0v) is 14.7. The molecule has 130 valence electrons. The molecule has 7 heteroatoms. The number of aromatic nitrogens is 2. The first-order valence-corrected chi connectivity index (χ1v) is 9.61. The molecule has 1 aromatic heterocycles. The van der Waals surface area contributed by atoms with Crippen LogP contribution in [-0.4, -0.2) is 25.5 Å². The van der Waals surface area contributed by atoms with Gasteiger partial charge in [0.25, 0.3) is 0 Å². The second-order valence-corrected chi connectivity index (χ2v) is 7.75. The zero-order valence-electron chi connectivity index (χ0n) is 13.9. The van der Waals surface area contributed by atoms with Crippen LogP contribution in [0.5, 0.6) is 5.75 Å². The van der Waals surface area contributed by atoms with Gasteiger partial charge in [-0.1, -0.05) is 24.0 Å². The maximum atomic E-state index is 11.8. The van der Waals surface area contributed by atoms with Crippen molar-refractivity contribution in [3.05, 3.63) is 72.1 Å². The van der Waals surface area contributed by atoms with E-state index in [-0.39, 0.29) is 5.75 Å². The molecule has 3 N–H and O–H groups in total. The van der Waals surface area contributed by atoms with Gasteiger partial charge in [0.2, 0.25) is 5.95 Å². The van der Waals surface area contributed by atoms with Crippen molar-refractivity contribution in [1.29, 1.82) is 4.78 Å². The Kier molecular flexibility index (Phi) is 4.87. The van der Waals surface area contributed by atoms with Gasteiger partial charge in [-0.25, -0.2) is 19.0 Å². The fraction of sp³-hybridized carbons (Fsp3) is 0.0526. The number of phenols is 1. The van der Waals surface area contributed by atoms with Crippen molar-refractivity contribution in [1.82, 2.24) is 9.97 Å². The molecule has 3 rings (SSSR count). The van der Waals surface area contributed by atoms with E-state index in [0.29, 0.717) is 27.7 Å². The van der Waals surface area contributed by atoms with Gasteiger partial charge >= 0.3 is 0 Å². The first kappa shape index (κ1) is 17.5. The van der Waals surface area contributed by atoms with E-state index in [9.17, 15) is 9.32 Å². The summed E-state index contributed by atoms with van der Waals surface area (Å²) >= 11 is 0. The highest BCUT2D eigenvalue weighted by molar-refractivity contribution is 7.91. The van der Waals surface area contributed by atoms with Crippen LogP contribution in [0.1, 0.15) is 11.1 Å². The monoisotopic (exact) mass is 364 g/mol. The summed E-state index contributed by atoms with van der Waals surface area (Å²) in [5.41, 5.74) is 1.99. The van der Waals surface area contributed by atoms with Gasteiger partial charge in [-0.15, -0.1) is 0 Å². The number of benzene rings is 2. The summed E-state index contributed by atoms with van der Waals surface area (Å²) in [7, 11) is -2.78. The van der Waals surface area contributed by atoms with Gasteiger partial charge in [0.05, 0.1) is 15.3 Å². The third kappa shape index (κ3) is 4.59. The van der Waals surface area contributed by atoms with E-state index >= 15 is 0 Å². The second-order valence-electron chi connectivity index (χ2n) is 5.59. The predicted octanol–water partition coefficient (Wildman–Crippen LogP) is 3.36. The van der Waals surface area contributed by atoms with Crippen molar-refractivity contribution in [2.45, 2.75) is 4.90 Å². The third-order valence-electron chi connectivity index (χ3n) is 3.39. The van der Waals surface area contributed by atoms with Crippen LogP contribution in [0.4, 0.5) is 11.6 Å². The van der Waals surface area contributed by atoms with E-state index in [4.69, 9.17) is 4.78 Å². The Morgan fingerprint density at radius 3 is 2.42 bits per heavy atom. The lowest BCUT2D eigenvalue weighted by atomic mass is 10.2. The summed E-state index contributed by atoms with van der Waals surface area (Å²) in [4.78, 5) is 8.85. The van der Waals surface area contributed by atoms with Gasteiger partial charge in [-0.05, 0) is 36.4 Å². The average molecular weight is 364 g/mol. The van der Waals surface area contributed by atoms with Crippen LogP contribution in [0.15, 0.2) is 65.8 Å². The fourth-order valence-corrected chi connectivity index (χ4v) is 2.82. The van der Waals surface area contributed by atoms with Crippen LogP contribution in [0, 0.1) is 16.6 Å². The lowest BCUT2D eigenvalue weighted by molar-refractivity contribution is 0.475. The first-order valence-electron chi connectivity index (χ1n) is 7.64. The Balaban J connectivity index is 1.75. The average Bonchev–Trinajstić information content (AvgIpc) is 2.61. The molecule has 0 fully saturated rings. The largest absolute Gasteiger partial charge is 0.508 e. The van der Waals surface area contributed by atoms with Crippen molar-refractivity contribution in [2.75, 3.05) is 11.6 Å². The third-order valence-corrected chi connectivity index (χ3v) is 4.54. The smallest absolute Gasteiger partial charge is 0.227 e. The summed E-state index contributed by atoms with van der Waals surface area (Å²) in [6.07, 6.45) is 4.55. The van der Waals surface area contributed by atoms with Crippen LogP contribution in [0.25, 0.3) is 0 Å². The molecule has 0 bridgehead atoms. The highest BCUT2D eigenvalue weighted by Gasteiger charge is 2.05. The van der Waals surface area contributed by atoms with Crippen molar-refractivity contribution < 1.29 is 9.32 Å². The molecule has 0 amide bonds. The minimum atomic E-state index is -2.78. The number of hydrogen-bond donors (Lipinski definition) is 3. The molecule has 6 nitrogen and oxygen atoms in total. The van der Waals surface area contributed by atoms with Crippen LogP contribution in [-0.2, 0) is 9.73 Å². The number of nitrogens with one attached hydrogen (secondary N) is 2. The Hall–Kier alpha value is -3.37. The molecule has 1 atom stereocenters. The molecule has 0 aliphatic heterocycles. The Bertz CT molecular complexity index is 1100. The maximum Gasteiger partial charge on any atom is 0.227 e. The topological polar surface area (TPSA) is 99.0 Å². The number of hydrogen-bond acceptors (Lipinski definition) is 6. The number of phenolic OH excluding ortho intramolecular Hbond substituents is 1. The minimum absolute atomic E-state index is 0.165. The Labute approximate surface area is 151 Å². The summed E-state index contributed by atoms with van der Waals surface area (Å²) in [6.45, 7) is 0. The van der Waals surface area contributed by atoms with E-state index in [0.717, 1.165) is 0 Å². The highest BCUT2D eigenvalue weighted by Crippen LogP contribution is 2.18. The zero-order chi connectivity index (χ0) is 18.6. The fourth-order valence-electron chi connectivity index (χ4n) is 2.13. The number of nitrogens with zero attached hydrogens (tertiary/aromatic N) is 2. The Morgan fingerprint density at radius 1 is 1.04 bits per heavy atom.